The molecular weight excluding hydrogens is 212 g/mol. The van der Waals surface area contributed by atoms with Gasteiger partial charge in [0.1, 0.15) is 0 Å². The zero-order valence-electron chi connectivity index (χ0n) is 10.8. The summed E-state index contributed by atoms with van der Waals surface area (Å²) < 4.78 is 7.76. The van der Waals surface area contributed by atoms with Crippen LogP contribution in [0, 0.1) is 0 Å². The molecule has 1 aromatic heterocycles. The Labute approximate surface area is 104 Å². The van der Waals surface area contributed by atoms with E-state index in [4.69, 9.17) is 10.5 Å². The van der Waals surface area contributed by atoms with Gasteiger partial charge in [-0.2, -0.15) is 0 Å². The molecule has 96 valence electrons. The minimum absolute atomic E-state index is 0.241. The third kappa shape index (κ3) is 3.33. The molecule has 0 aromatic carbocycles. The van der Waals surface area contributed by atoms with Crippen LogP contribution in [0.4, 0.5) is 0 Å². The summed E-state index contributed by atoms with van der Waals surface area (Å²) in [7, 11) is 0. The second-order valence-electron chi connectivity index (χ2n) is 4.94. The molecular formula is C14H24N2O. The molecule has 1 aliphatic carbocycles. The highest BCUT2D eigenvalue weighted by Crippen LogP contribution is 2.27. The van der Waals surface area contributed by atoms with Crippen molar-refractivity contribution >= 4 is 0 Å². The Kier molecular flexibility index (Phi) is 4.63. The highest BCUT2D eigenvalue weighted by Gasteiger charge is 2.16. The molecule has 1 atom stereocenters. The van der Waals surface area contributed by atoms with Crippen LogP contribution in [0.3, 0.4) is 0 Å². The number of fused-ring (bicyclic) bond motifs is 1. The number of hydrogen-bond donors (Lipinski definition) is 1. The highest BCUT2D eigenvalue weighted by molar-refractivity contribution is 5.28. The van der Waals surface area contributed by atoms with Crippen molar-refractivity contribution in [3.05, 3.63) is 23.5 Å². The molecule has 2 rings (SSSR count). The molecule has 0 saturated carbocycles. The van der Waals surface area contributed by atoms with Crippen molar-refractivity contribution in [1.29, 1.82) is 0 Å². The monoisotopic (exact) mass is 236 g/mol. The van der Waals surface area contributed by atoms with Crippen molar-refractivity contribution in [2.24, 2.45) is 5.73 Å². The van der Waals surface area contributed by atoms with Crippen LogP contribution < -0.4 is 5.73 Å². The standard InChI is InChI=1S/C14H24N2O/c1-2-8-17-9-7-16-10-12-5-3-4-6-14(15)13(12)11-16/h10-11,14H,2-9,15H2,1H3. The largest absolute Gasteiger partial charge is 0.380 e. The van der Waals surface area contributed by atoms with Gasteiger partial charge in [0.05, 0.1) is 6.61 Å². The van der Waals surface area contributed by atoms with Gasteiger partial charge >= 0.3 is 0 Å². The zero-order valence-corrected chi connectivity index (χ0v) is 10.8. The molecule has 1 aliphatic rings. The highest BCUT2D eigenvalue weighted by atomic mass is 16.5. The van der Waals surface area contributed by atoms with Gasteiger partial charge in [-0.15, -0.1) is 0 Å². The number of ether oxygens (including phenoxy) is 1. The molecule has 0 aliphatic heterocycles. The molecule has 0 radical (unpaired) electrons. The van der Waals surface area contributed by atoms with Gasteiger partial charge in [-0.25, -0.2) is 0 Å². The maximum absolute atomic E-state index is 6.19. The van der Waals surface area contributed by atoms with Crippen LogP contribution in [0.5, 0.6) is 0 Å². The third-order valence-corrected chi connectivity index (χ3v) is 3.45. The molecule has 3 nitrogen and oxygen atoms in total. The fraction of sp³-hybridized carbons (Fsp3) is 0.714. The molecule has 1 unspecified atom stereocenters. The van der Waals surface area contributed by atoms with Crippen molar-refractivity contribution in [1.82, 2.24) is 4.57 Å². The Hall–Kier alpha value is -0.800. The first-order valence-electron chi connectivity index (χ1n) is 6.83. The van der Waals surface area contributed by atoms with E-state index < -0.39 is 0 Å². The van der Waals surface area contributed by atoms with Crippen LogP contribution in [-0.4, -0.2) is 17.8 Å². The van der Waals surface area contributed by atoms with E-state index in [2.05, 4.69) is 23.9 Å². The maximum atomic E-state index is 6.19. The smallest absolute Gasteiger partial charge is 0.0645 e. The van der Waals surface area contributed by atoms with Crippen LogP contribution in [0.25, 0.3) is 0 Å². The van der Waals surface area contributed by atoms with Gasteiger partial charge in [0, 0.05) is 31.6 Å². The van der Waals surface area contributed by atoms with E-state index >= 15 is 0 Å². The lowest BCUT2D eigenvalue weighted by atomic mass is 10.1. The minimum atomic E-state index is 0.241. The summed E-state index contributed by atoms with van der Waals surface area (Å²) in [4.78, 5) is 0. The second kappa shape index (κ2) is 6.22. The Morgan fingerprint density at radius 1 is 1.35 bits per heavy atom. The molecule has 0 saturated heterocycles. The number of hydrogen-bond acceptors (Lipinski definition) is 2. The molecule has 0 fully saturated rings. The van der Waals surface area contributed by atoms with Crippen molar-refractivity contribution in [2.75, 3.05) is 13.2 Å². The first-order valence-corrected chi connectivity index (χ1v) is 6.83. The van der Waals surface area contributed by atoms with Gasteiger partial charge in [0.2, 0.25) is 0 Å². The lowest BCUT2D eigenvalue weighted by molar-refractivity contribution is 0.127. The lowest BCUT2D eigenvalue weighted by Crippen LogP contribution is -2.09. The van der Waals surface area contributed by atoms with Crippen molar-refractivity contribution in [2.45, 2.75) is 51.6 Å². The van der Waals surface area contributed by atoms with Gasteiger partial charge in [-0.3, -0.25) is 0 Å². The topological polar surface area (TPSA) is 40.2 Å². The van der Waals surface area contributed by atoms with Gasteiger partial charge in [0.15, 0.2) is 0 Å². The average Bonchev–Trinajstić information content (AvgIpc) is 2.66. The molecule has 2 N–H and O–H groups in total. The van der Waals surface area contributed by atoms with E-state index in [0.717, 1.165) is 32.6 Å². The molecule has 3 heteroatoms. The maximum Gasteiger partial charge on any atom is 0.0645 e. The summed E-state index contributed by atoms with van der Waals surface area (Å²) in [5, 5.41) is 0. The lowest BCUT2D eigenvalue weighted by Gasteiger charge is -2.07. The molecule has 0 bridgehead atoms. The quantitative estimate of drug-likeness (QED) is 0.630. The van der Waals surface area contributed by atoms with E-state index in [9.17, 15) is 0 Å². The third-order valence-electron chi connectivity index (χ3n) is 3.45. The number of nitrogens with zero attached hydrogens (tertiary/aromatic N) is 1. The van der Waals surface area contributed by atoms with Crippen molar-refractivity contribution in [3.63, 3.8) is 0 Å². The molecule has 1 aromatic rings. The van der Waals surface area contributed by atoms with E-state index in [1.54, 1.807) is 0 Å². The van der Waals surface area contributed by atoms with Crippen LogP contribution >= 0.6 is 0 Å². The first kappa shape index (κ1) is 12.7. The van der Waals surface area contributed by atoms with E-state index in [0.29, 0.717) is 0 Å². The minimum Gasteiger partial charge on any atom is -0.380 e. The number of aromatic nitrogens is 1. The summed E-state index contributed by atoms with van der Waals surface area (Å²) in [6.07, 6.45) is 10.4. The van der Waals surface area contributed by atoms with Crippen LogP contribution in [0.15, 0.2) is 12.4 Å². The molecule has 1 heterocycles. The van der Waals surface area contributed by atoms with Crippen LogP contribution in [0.2, 0.25) is 0 Å². The Morgan fingerprint density at radius 2 is 2.24 bits per heavy atom. The van der Waals surface area contributed by atoms with E-state index in [1.165, 1.54) is 30.4 Å². The second-order valence-corrected chi connectivity index (χ2v) is 4.94. The molecule has 0 amide bonds. The first-order chi connectivity index (χ1) is 8.31. The van der Waals surface area contributed by atoms with Crippen LogP contribution in [0.1, 0.15) is 49.8 Å². The summed E-state index contributed by atoms with van der Waals surface area (Å²) in [6, 6.07) is 0.241. The summed E-state index contributed by atoms with van der Waals surface area (Å²) in [5.41, 5.74) is 9.00. The molecule has 0 spiro atoms. The van der Waals surface area contributed by atoms with Crippen molar-refractivity contribution < 1.29 is 4.74 Å². The Bertz CT molecular complexity index is 346. The normalized spacial score (nSPS) is 20.0. The van der Waals surface area contributed by atoms with E-state index in [-0.39, 0.29) is 6.04 Å². The molecule has 17 heavy (non-hydrogen) atoms. The predicted molar refractivity (Wildman–Crippen MR) is 70.0 cm³/mol. The Balaban J connectivity index is 1.94. The zero-order chi connectivity index (χ0) is 12.1. The van der Waals surface area contributed by atoms with Gasteiger partial charge < -0.3 is 15.0 Å². The summed E-state index contributed by atoms with van der Waals surface area (Å²) in [6.45, 7) is 4.74. The predicted octanol–water partition coefficient (Wildman–Crippen LogP) is 2.64. The number of aryl methyl sites for hydroxylation is 1. The number of nitrogens with two attached hydrogens (primary N) is 1. The number of rotatable bonds is 5. The van der Waals surface area contributed by atoms with Gasteiger partial charge in [-0.05, 0) is 36.8 Å². The van der Waals surface area contributed by atoms with Gasteiger partial charge in [0.25, 0.3) is 0 Å². The van der Waals surface area contributed by atoms with E-state index in [1.807, 2.05) is 0 Å². The van der Waals surface area contributed by atoms with Crippen LogP contribution in [-0.2, 0) is 17.7 Å². The van der Waals surface area contributed by atoms with Crippen molar-refractivity contribution in [3.8, 4) is 0 Å². The fourth-order valence-corrected chi connectivity index (χ4v) is 2.50. The average molecular weight is 236 g/mol. The Morgan fingerprint density at radius 3 is 3.06 bits per heavy atom. The SMILES string of the molecule is CCCOCCn1cc2c(c1)C(N)CCCC2. The summed E-state index contributed by atoms with van der Waals surface area (Å²) >= 11 is 0. The fourth-order valence-electron chi connectivity index (χ4n) is 2.50. The summed E-state index contributed by atoms with van der Waals surface area (Å²) in [5.74, 6) is 0. The van der Waals surface area contributed by atoms with Gasteiger partial charge in [-0.1, -0.05) is 13.3 Å².